The molecule has 98 valence electrons. The van der Waals surface area contributed by atoms with Crippen LogP contribution in [0, 0.1) is 0 Å². The Morgan fingerprint density at radius 2 is 2.11 bits per heavy atom. The number of esters is 1. The second-order valence-electron chi connectivity index (χ2n) is 4.60. The predicted octanol–water partition coefficient (Wildman–Crippen LogP) is 2.95. The Morgan fingerprint density at radius 1 is 1.39 bits per heavy atom. The molecule has 0 spiro atoms. The average molecular weight is 268 g/mol. The minimum Gasteiger partial charge on any atom is -0.469 e. The first-order valence-electron chi connectivity index (χ1n) is 6.29. The lowest BCUT2D eigenvalue weighted by Gasteiger charge is -2.34. The number of halogens is 1. The fraction of sp³-hybridized carbons (Fsp3) is 0.500. The Balaban J connectivity index is 2.27. The molecule has 18 heavy (non-hydrogen) atoms. The van der Waals surface area contributed by atoms with Crippen LogP contribution < -0.4 is 0 Å². The Bertz CT molecular complexity index is 396. The van der Waals surface area contributed by atoms with Gasteiger partial charge in [-0.3, -0.25) is 4.79 Å². The molecular weight excluding hydrogens is 250 g/mol. The van der Waals surface area contributed by atoms with Crippen molar-refractivity contribution in [1.29, 1.82) is 0 Å². The highest BCUT2D eigenvalue weighted by Gasteiger charge is 2.35. The first-order valence-corrected chi connectivity index (χ1v) is 6.63. The summed E-state index contributed by atoms with van der Waals surface area (Å²) >= 11 is 6.25. The van der Waals surface area contributed by atoms with E-state index in [1.807, 2.05) is 30.3 Å². The van der Waals surface area contributed by atoms with Crippen molar-refractivity contribution in [2.24, 2.45) is 0 Å². The molecule has 0 amide bonds. The van der Waals surface area contributed by atoms with Crippen LogP contribution in [-0.4, -0.2) is 30.1 Å². The van der Waals surface area contributed by atoms with E-state index >= 15 is 0 Å². The fourth-order valence-corrected chi connectivity index (χ4v) is 2.88. The molecule has 1 aliphatic heterocycles. The van der Waals surface area contributed by atoms with Crippen LogP contribution in [0.2, 0.25) is 0 Å². The zero-order valence-electron chi connectivity index (χ0n) is 10.5. The zero-order chi connectivity index (χ0) is 13.0. The summed E-state index contributed by atoms with van der Waals surface area (Å²) in [5.41, 5.74) is 0.974. The molecule has 0 radical (unpaired) electrons. The van der Waals surface area contributed by atoms with Gasteiger partial charge < -0.3 is 4.74 Å². The van der Waals surface area contributed by atoms with Crippen molar-refractivity contribution in [1.82, 2.24) is 4.42 Å². The number of piperidine rings is 1. The molecule has 0 bridgehead atoms. The molecule has 2 rings (SSSR count). The molecule has 0 saturated carbocycles. The summed E-state index contributed by atoms with van der Waals surface area (Å²) in [6.45, 7) is 0.826. The Morgan fingerprint density at radius 3 is 2.72 bits per heavy atom. The quantitative estimate of drug-likeness (QED) is 0.623. The number of carbonyl (C=O) groups is 1. The van der Waals surface area contributed by atoms with Gasteiger partial charge in [-0.15, -0.1) is 0 Å². The Kier molecular flexibility index (Phi) is 4.61. The van der Waals surface area contributed by atoms with Crippen LogP contribution in [0.25, 0.3) is 0 Å². The summed E-state index contributed by atoms with van der Waals surface area (Å²) in [4.78, 5) is 12.0. The number of hydrogen-bond acceptors (Lipinski definition) is 3. The van der Waals surface area contributed by atoms with Gasteiger partial charge in [0.25, 0.3) is 0 Å². The molecular formula is C14H18ClNO2. The second kappa shape index (κ2) is 6.21. The summed E-state index contributed by atoms with van der Waals surface area (Å²) in [7, 11) is 1.43. The smallest absolute Gasteiger partial charge is 0.314 e. The Labute approximate surface area is 113 Å². The molecule has 4 heteroatoms. The van der Waals surface area contributed by atoms with Crippen LogP contribution in [0.4, 0.5) is 0 Å². The first-order chi connectivity index (χ1) is 8.74. The van der Waals surface area contributed by atoms with Gasteiger partial charge in [-0.2, -0.15) is 0 Å². The third kappa shape index (κ3) is 2.85. The number of carbonyl (C=O) groups excluding carboxylic acids is 1. The highest BCUT2D eigenvalue weighted by atomic mass is 35.5. The van der Waals surface area contributed by atoms with Crippen LogP contribution in [0.15, 0.2) is 30.3 Å². The zero-order valence-corrected chi connectivity index (χ0v) is 11.3. The molecule has 3 nitrogen and oxygen atoms in total. The fourth-order valence-electron chi connectivity index (χ4n) is 2.55. The van der Waals surface area contributed by atoms with E-state index in [4.69, 9.17) is 16.5 Å². The van der Waals surface area contributed by atoms with E-state index in [-0.39, 0.29) is 17.9 Å². The van der Waals surface area contributed by atoms with Crippen LogP contribution in [0.5, 0.6) is 0 Å². The highest BCUT2D eigenvalue weighted by Crippen LogP contribution is 2.32. The van der Waals surface area contributed by atoms with Crippen molar-refractivity contribution in [3.8, 4) is 0 Å². The summed E-state index contributed by atoms with van der Waals surface area (Å²) < 4.78 is 6.71. The summed E-state index contributed by atoms with van der Waals surface area (Å²) in [5, 5.41) is 0. The van der Waals surface area contributed by atoms with Crippen molar-refractivity contribution in [3.63, 3.8) is 0 Å². The van der Waals surface area contributed by atoms with Gasteiger partial charge in [-0.25, -0.2) is 4.42 Å². The predicted molar refractivity (Wildman–Crippen MR) is 71.4 cm³/mol. The van der Waals surface area contributed by atoms with Gasteiger partial charge in [-0.05, 0) is 30.2 Å². The normalized spacial score (nSPS) is 22.4. The minimum absolute atomic E-state index is 0.0234. The van der Waals surface area contributed by atoms with Gasteiger partial charge in [0, 0.05) is 12.6 Å². The van der Waals surface area contributed by atoms with Crippen LogP contribution in [0.1, 0.15) is 30.7 Å². The molecule has 1 aromatic carbocycles. The van der Waals surface area contributed by atoms with E-state index < -0.39 is 0 Å². The second-order valence-corrected chi connectivity index (χ2v) is 5.03. The largest absolute Gasteiger partial charge is 0.469 e. The van der Waals surface area contributed by atoms with E-state index in [2.05, 4.69) is 0 Å². The van der Waals surface area contributed by atoms with Crippen molar-refractivity contribution in [2.75, 3.05) is 13.7 Å². The van der Waals surface area contributed by atoms with E-state index in [0.29, 0.717) is 0 Å². The van der Waals surface area contributed by atoms with E-state index in [0.717, 1.165) is 31.4 Å². The molecule has 1 aromatic rings. The lowest BCUT2D eigenvalue weighted by molar-refractivity contribution is -0.144. The van der Waals surface area contributed by atoms with Gasteiger partial charge in [0.15, 0.2) is 0 Å². The standard InChI is InChI=1S/C14H18ClNO2/c1-18-14(17)13(11-7-3-2-4-8-11)12-9-5-6-10-16(12)15/h2-4,7-8,12-13H,5-6,9-10H2,1H3/t12-,13-/m1/s1. The van der Waals surface area contributed by atoms with E-state index in [1.54, 1.807) is 4.42 Å². The maximum absolute atomic E-state index is 12.0. The van der Waals surface area contributed by atoms with E-state index in [9.17, 15) is 4.79 Å². The molecule has 0 aliphatic carbocycles. The SMILES string of the molecule is COC(=O)[C@H](c1ccccc1)[C@H]1CCCCN1Cl. The van der Waals surface area contributed by atoms with Gasteiger partial charge in [0.2, 0.25) is 0 Å². The van der Waals surface area contributed by atoms with Gasteiger partial charge in [0.05, 0.1) is 13.0 Å². The van der Waals surface area contributed by atoms with Gasteiger partial charge >= 0.3 is 5.97 Å². The van der Waals surface area contributed by atoms with Crippen molar-refractivity contribution in [2.45, 2.75) is 31.2 Å². The van der Waals surface area contributed by atoms with Crippen LogP contribution in [-0.2, 0) is 9.53 Å². The highest BCUT2D eigenvalue weighted by molar-refractivity contribution is 6.13. The maximum Gasteiger partial charge on any atom is 0.314 e. The number of nitrogens with zero attached hydrogens (tertiary/aromatic N) is 1. The van der Waals surface area contributed by atoms with Gasteiger partial charge in [0.1, 0.15) is 0 Å². The van der Waals surface area contributed by atoms with Gasteiger partial charge in [-0.1, -0.05) is 36.8 Å². The topological polar surface area (TPSA) is 29.5 Å². The molecule has 1 saturated heterocycles. The molecule has 0 N–H and O–H groups in total. The van der Waals surface area contributed by atoms with E-state index in [1.165, 1.54) is 7.11 Å². The molecule has 1 aliphatic rings. The molecule has 2 atom stereocenters. The summed E-state index contributed by atoms with van der Waals surface area (Å²) in [5.74, 6) is -0.507. The maximum atomic E-state index is 12.0. The lowest BCUT2D eigenvalue weighted by atomic mass is 9.86. The Hall–Kier alpha value is -1.06. The average Bonchev–Trinajstić information content (AvgIpc) is 2.42. The first kappa shape index (κ1) is 13.4. The number of hydrogen-bond donors (Lipinski definition) is 0. The number of ether oxygens (including phenoxy) is 1. The number of benzene rings is 1. The monoisotopic (exact) mass is 267 g/mol. The molecule has 0 unspecified atom stereocenters. The number of rotatable bonds is 3. The summed E-state index contributed by atoms with van der Waals surface area (Å²) in [6.07, 6.45) is 3.12. The molecule has 0 aromatic heterocycles. The minimum atomic E-state index is -0.297. The third-order valence-electron chi connectivity index (χ3n) is 3.48. The summed E-state index contributed by atoms with van der Waals surface area (Å²) in [6, 6.07) is 9.76. The van der Waals surface area contributed by atoms with Crippen molar-refractivity contribution >= 4 is 17.7 Å². The van der Waals surface area contributed by atoms with Crippen molar-refractivity contribution < 1.29 is 9.53 Å². The van der Waals surface area contributed by atoms with Crippen LogP contribution in [0.3, 0.4) is 0 Å². The lowest BCUT2D eigenvalue weighted by Crippen LogP contribution is -2.40. The molecule has 1 heterocycles. The number of methoxy groups -OCH3 is 1. The van der Waals surface area contributed by atoms with Crippen molar-refractivity contribution in [3.05, 3.63) is 35.9 Å². The van der Waals surface area contributed by atoms with Crippen LogP contribution >= 0.6 is 11.8 Å². The third-order valence-corrected chi connectivity index (χ3v) is 3.90. The molecule has 1 fully saturated rings.